The number of likely N-dealkylation sites (tertiary alicyclic amines) is 1. The number of amides is 1. The van der Waals surface area contributed by atoms with Gasteiger partial charge in [0.15, 0.2) is 11.5 Å². The number of ether oxygens (including phenoxy) is 2. The number of anilines is 1. The van der Waals surface area contributed by atoms with Crippen LogP contribution < -0.4 is 20.5 Å². The molecule has 1 saturated heterocycles. The maximum Gasteiger partial charge on any atom is 0.238 e. The molecular weight excluding hydrogens is 282 g/mol. The fraction of sp³-hybridized carbons (Fsp3) is 0.562. The van der Waals surface area contributed by atoms with Gasteiger partial charge in [0.25, 0.3) is 0 Å². The summed E-state index contributed by atoms with van der Waals surface area (Å²) in [5.41, 5.74) is 6.61. The zero-order valence-electron chi connectivity index (χ0n) is 12.7. The van der Waals surface area contributed by atoms with E-state index in [-0.39, 0.29) is 11.9 Å². The van der Waals surface area contributed by atoms with E-state index < -0.39 is 0 Å². The standard InChI is InChI=1S/C16H23N3O3/c17-12-4-6-19(7-5-12)11-16(20)18-13-2-3-14-15(10-13)22-9-1-8-21-14/h2-3,10,12H,1,4-9,11,17H2,(H,18,20). The number of rotatable bonds is 3. The van der Waals surface area contributed by atoms with Gasteiger partial charge < -0.3 is 20.5 Å². The van der Waals surface area contributed by atoms with Crippen LogP contribution in [0.15, 0.2) is 18.2 Å². The topological polar surface area (TPSA) is 76.8 Å². The molecule has 2 heterocycles. The van der Waals surface area contributed by atoms with Gasteiger partial charge in [-0.1, -0.05) is 0 Å². The first-order valence-electron chi connectivity index (χ1n) is 7.88. The van der Waals surface area contributed by atoms with Crippen molar-refractivity contribution in [2.24, 2.45) is 5.73 Å². The third-order valence-corrected chi connectivity index (χ3v) is 4.03. The highest BCUT2D eigenvalue weighted by molar-refractivity contribution is 5.92. The van der Waals surface area contributed by atoms with E-state index in [1.807, 2.05) is 18.2 Å². The van der Waals surface area contributed by atoms with Crippen molar-refractivity contribution in [1.82, 2.24) is 4.90 Å². The van der Waals surface area contributed by atoms with Crippen molar-refractivity contribution in [2.75, 3.05) is 38.2 Å². The van der Waals surface area contributed by atoms with Crippen molar-refractivity contribution >= 4 is 11.6 Å². The summed E-state index contributed by atoms with van der Waals surface area (Å²) in [6.07, 6.45) is 2.78. The van der Waals surface area contributed by atoms with E-state index in [0.29, 0.717) is 25.5 Å². The summed E-state index contributed by atoms with van der Waals surface area (Å²) in [5.74, 6) is 1.42. The molecule has 3 N–H and O–H groups in total. The lowest BCUT2D eigenvalue weighted by Crippen LogP contribution is -2.43. The van der Waals surface area contributed by atoms with Crippen molar-refractivity contribution in [1.29, 1.82) is 0 Å². The second kappa shape index (κ2) is 6.98. The summed E-state index contributed by atoms with van der Waals surface area (Å²) < 4.78 is 11.2. The number of nitrogens with zero attached hydrogens (tertiary/aromatic N) is 1. The minimum Gasteiger partial charge on any atom is -0.490 e. The van der Waals surface area contributed by atoms with Crippen LogP contribution in [0.5, 0.6) is 11.5 Å². The molecule has 1 amide bonds. The molecule has 0 bridgehead atoms. The molecule has 2 aliphatic rings. The van der Waals surface area contributed by atoms with Gasteiger partial charge in [-0.3, -0.25) is 9.69 Å². The molecule has 0 radical (unpaired) electrons. The predicted octanol–water partition coefficient (Wildman–Crippen LogP) is 1.21. The van der Waals surface area contributed by atoms with Crippen LogP contribution >= 0.6 is 0 Å². The molecule has 0 spiro atoms. The Hall–Kier alpha value is -1.79. The third kappa shape index (κ3) is 3.90. The lowest BCUT2D eigenvalue weighted by atomic mass is 10.1. The van der Waals surface area contributed by atoms with Crippen LogP contribution in [0.25, 0.3) is 0 Å². The van der Waals surface area contributed by atoms with Crippen LogP contribution in [-0.4, -0.2) is 49.7 Å². The third-order valence-electron chi connectivity index (χ3n) is 4.03. The van der Waals surface area contributed by atoms with Crippen LogP contribution in [0.1, 0.15) is 19.3 Å². The molecule has 0 aliphatic carbocycles. The second-order valence-electron chi connectivity index (χ2n) is 5.87. The normalized spacial score (nSPS) is 19.5. The van der Waals surface area contributed by atoms with Gasteiger partial charge >= 0.3 is 0 Å². The number of piperidine rings is 1. The number of benzene rings is 1. The van der Waals surface area contributed by atoms with Crippen LogP contribution in [-0.2, 0) is 4.79 Å². The maximum atomic E-state index is 12.1. The molecule has 0 aromatic heterocycles. The molecule has 2 aliphatic heterocycles. The largest absolute Gasteiger partial charge is 0.490 e. The van der Waals surface area contributed by atoms with Crippen molar-refractivity contribution in [3.05, 3.63) is 18.2 Å². The molecule has 6 nitrogen and oxygen atoms in total. The molecule has 120 valence electrons. The van der Waals surface area contributed by atoms with E-state index in [4.69, 9.17) is 15.2 Å². The Morgan fingerprint density at radius 1 is 1.23 bits per heavy atom. The predicted molar refractivity (Wildman–Crippen MR) is 84.3 cm³/mol. The van der Waals surface area contributed by atoms with Gasteiger partial charge in [0.05, 0.1) is 19.8 Å². The van der Waals surface area contributed by atoms with Crippen LogP contribution in [0.3, 0.4) is 0 Å². The van der Waals surface area contributed by atoms with Gasteiger partial charge in [-0.05, 0) is 25.0 Å². The summed E-state index contributed by atoms with van der Waals surface area (Å²) >= 11 is 0. The van der Waals surface area contributed by atoms with E-state index in [2.05, 4.69) is 10.2 Å². The fourth-order valence-corrected chi connectivity index (χ4v) is 2.76. The molecular formula is C16H23N3O3. The number of carbonyl (C=O) groups excluding carboxylic acids is 1. The number of fused-ring (bicyclic) bond motifs is 1. The summed E-state index contributed by atoms with van der Waals surface area (Å²) in [6, 6.07) is 5.79. The van der Waals surface area contributed by atoms with E-state index >= 15 is 0 Å². The Morgan fingerprint density at radius 2 is 1.95 bits per heavy atom. The van der Waals surface area contributed by atoms with E-state index in [1.165, 1.54) is 0 Å². The fourth-order valence-electron chi connectivity index (χ4n) is 2.76. The number of carbonyl (C=O) groups is 1. The minimum absolute atomic E-state index is 0.00929. The highest BCUT2D eigenvalue weighted by Gasteiger charge is 2.18. The van der Waals surface area contributed by atoms with Crippen molar-refractivity contribution < 1.29 is 14.3 Å². The quantitative estimate of drug-likeness (QED) is 0.878. The molecule has 1 fully saturated rings. The van der Waals surface area contributed by atoms with Gasteiger partial charge in [0.1, 0.15) is 0 Å². The summed E-state index contributed by atoms with van der Waals surface area (Å²) in [4.78, 5) is 14.3. The average molecular weight is 305 g/mol. The second-order valence-corrected chi connectivity index (χ2v) is 5.87. The van der Waals surface area contributed by atoms with Crippen molar-refractivity contribution in [2.45, 2.75) is 25.3 Å². The Labute approximate surface area is 130 Å². The van der Waals surface area contributed by atoms with Crippen molar-refractivity contribution in [3.8, 4) is 11.5 Å². The molecule has 3 rings (SSSR count). The molecule has 0 saturated carbocycles. The van der Waals surface area contributed by atoms with Gasteiger partial charge in [0, 0.05) is 37.3 Å². The van der Waals surface area contributed by atoms with Crippen LogP contribution in [0, 0.1) is 0 Å². The highest BCUT2D eigenvalue weighted by atomic mass is 16.5. The smallest absolute Gasteiger partial charge is 0.238 e. The van der Waals surface area contributed by atoms with Crippen molar-refractivity contribution in [3.63, 3.8) is 0 Å². The Morgan fingerprint density at radius 3 is 2.73 bits per heavy atom. The summed E-state index contributed by atoms with van der Waals surface area (Å²) in [5, 5.41) is 2.92. The van der Waals surface area contributed by atoms with Crippen LogP contribution in [0.4, 0.5) is 5.69 Å². The van der Waals surface area contributed by atoms with Gasteiger partial charge in [-0.25, -0.2) is 0 Å². The Kier molecular flexibility index (Phi) is 4.80. The Bertz CT molecular complexity index is 527. The van der Waals surface area contributed by atoms with E-state index in [0.717, 1.165) is 43.8 Å². The number of nitrogens with one attached hydrogen (secondary N) is 1. The zero-order valence-corrected chi connectivity index (χ0v) is 12.7. The molecule has 0 atom stereocenters. The number of hydrogen-bond donors (Lipinski definition) is 2. The first-order valence-corrected chi connectivity index (χ1v) is 7.88. The molecule has 1 aromatic carbocycles. The van der Waals surface area contributed by atoms with E-state index in [1.54, 1.807) is 0 Å². The molecule has 0 unspecified atom stereocenters. The van der Waals surface area contributed by atoms with Gasteiger partial charge in [0.2, 0.25) is 5.91 Å². The lowest BCUT2D eigenvalue weighted by Gasteiger charge is -2.29. The molecule has 22 heavy (non-hydrogen) atoms. The monoisotopic (exact) mass is 305 g/mol. The van der Waals surface area contributed by atoms with E-state index in [9.17, 15) is 4.79 Å². The average Bonchev–Trinajstić information content (AvgIpc) is 2.74. The SMILES string of the molecule is NC1CCN(CC(=O)Nc2ccc3c(c2)OCCCO3)CC1. The molecule has 6 heteroatoms. The zero-order chi connectivity index (χ0) is 15.4. The molecule has 1 aromatic rings. The summed E-state index contributed by atoms with van der Waals surface area (Å²) in [6.45, 7) is 3.47. The first kappa shape index (κ1) is 15.1. The van der Waals surface area contributed by atoms with Gasteiger partial charge in [-0.15, -0.1) is 0 Å². The maximum absolute atomic E-state index is 12.1. The number of nitrogens with two attached hydrogens (primary N) is 1. The lowest BCUT2D eigenvalue weighted by molar-refractivity contribution is -0.117. The van der Waals surface area contributed by atoms with Gasteiger partial charge in [-0.2, -0.15) is 0 Å². The highest BCUT2D eigenvalue weighted by Crippen LogP contribution is 2.32. The number of hydrogen-bond acceptors (Lipinski definition) is 5. The summed E-state index contributed by atoms with van der Waals surface area (Å²) in [7, 11) is 0. The minimum atomic E-state index is -0.00929. The first-order chi connectivity index (χ1) is 10.7. The Balaban J connectivity index is 1.56. The van der Waals surface area contributed by atoms with Crippen LogP contribution in [0.2, 0.25) is 0 Å².